The van der Waals surface area contributed by atoms with Crippen LogP contribution in [0.5, 0.6) is 0 Å². The van der Waals surface area contributed by atoms with Crippen molar-refractivity contribution in [2.24, 2.45) is 0 Å². The maximum Gasteiger partial charge on any atom is 0.418 e. The largest absolute Gasteiger partial charge is 0.418 e. The number of halogens is 4. The minimum absolute atomic E-state index is 0.0689. The van der Waals surface area contributed by atoms with Gasteiger partial charge in [-0.2, -0.15) is 23.7 Å². The number of alkyl halides is 3. The van der Waals surface area contributed by atoms with Gasteiger partial charge < -0.3 is 16.2 Å². The normalized spacial score (nSPS) is 9.63. The highest BCUT2D eigenvalue weighted by Crippen LogP contribution is 2.35. The Morgan fingerprint density at radius 2 is 1.80 bits per heavy atom. The first-order valence-electron chi connectivity index (χ1n) is 8.40. The maximum atomic E-state index is 12.6. The van der Waals surface area contributed by atoms with Crippen LogP contribution in [0.4, 0.5) is 28.9 Å². The first-order valence-corrected chi connectivity index (χ1v) is 8.40. The van der Waals surface area contributed by atoms with Crippen molar-refractivity contribution in [1.82, 2.24) is 0 Å². The predicted molar refractivity (Wildman–Crippen MR) is 103 cm³/mol. The highest BCUT2D eigenvalue weighted by Gasteiger charge is 2.33. The van der Waals surface area contributed by atoms with Crippen LogP contribution in [0.25, 0.3) is 0 Å². The van der Waals surface area contributed by atoms with Crippen molar-refractivity contribution in [2.75, 3.05) is 17.7 Å². The first-order chi connectivity index (χ1) is 14.0. The van der Waals surface area contributed by atoms with Crippen molar-refractivity contribution in [2.45, 2.75) is 26.4 Å². The second-order valence-electron chi connectivity index (χ2n) is 5.61. The van der Waals surface area contributed by atoms with Gasteiger partial charge >= 0.3 is 6.18 Å². The highest BCUT2D eigenvalue weighted by atomic mass is 19.4. The van der Waals surface area contributed by atoms with Crippen LogP contribution in [0.3, 0.4) is 0 Å². The van der Waals surface area contributed by atoms with Crippen LogP contribution in [0, 0.1) is 35.4 Å². The summed E-state index contributed by atoms with van der Waals surface area (Å²) in [6, 6.07) is 11.2. The topological polar surface area (TPSA) is 123 Å². The molecule has 0 unspecified atom stereocenters. The van der Waals surface area contributed by atoms with Crippen LogP contribution in [0.2, 0.25) is 0 Å². The Kier molecular flexibility index (Phi) is 11.2. The molecule has 4 N–H and O–H groups in total. The first kappa shape index (κ1) is 26.4. The number of nitriles is 2. The van der Waals surface area contributed by atoms with E-state index >= 15 is 0 Å². The van der Waals surface area contributed by atoms with E-state index in [1.54, 1.807) is 19.1 Å². The smallest absolute Gasteiger partial charge is 0.398 e. The Morgan fingerprint density at radius 1 is 1.20 bits per heavy atom. The molecule has 0 aliphatic rings. The lowest BCUT2D eigenvalue weighted by molar-refractivity contribution is -0.137. The Balaban J connectivity index is 0.000000510. The lowest BCUT2D eigenvalue weighted by Crippen LogP contribution is -2.16. The molecule has 2 aromatic carbocycles. The number of hydrogen-bond donors (Lipinski definition) is 3. The molecule has 0 saturated heterocycles. The van der Waals surface area contributed by atoms with Gasteiger partial charge in [0.2, 0.25) is 5.91 Å². The van der Waals surface area contributed by atoms with Crippen LogP contribution in [0.15, 0.2) is 36.4 Å². The molecule has 0 saturated carbocycles. The number of nitrogens with one attached hydrogen (secondary N) is 1. The molecule has 2 rings (SSSR count). The van der Waals surface area contributed by atoms with E-state index in [4.69, 9.17) is 21.4 Å². The van der Waals surface area contributed by atoms with Crippen LogP contribution < -0.4 is 11.1 Å². The van der Waals surface area contributed by atoms with Gasteiger partial charge in [0.1, 0.15) is 18.5 Å². The van der Waals surface area contributed by atoms with Gasteiger partial charge in [0.25, 0.3) is 0 Å². The van der Waals surface area contributed by atoms with E-state index in [1.165, 1.54) is 18.2 Å². The summed E-state index contributed by atoms with van der Waals surface area (Å²) < 4.78 is 49.8. The summed E-state index contributed by atoms with van der Waals surface area (Å²) in [6.45, 7) is 2.80. The molecular weight excluding hydrogens is 404 g/mol. The molecule has 6 nitrogen and oxygen atoms in total. The Morgan fingerprint density at radius 3 is 2.23 bits per heavy atom. The van der Waals surface area contributed by atoms with E-state index in [9.17, 15) is 22.4 Å². The third-order valence-electron chi connectivity index (χ3n) is 3.19. The quantitative estimate of drug-likeness (QED) is 0.494. The SMILES string of the molecule is CCC#N.Cc1ccc(C#N)c(F)c1.Nc1ccc(NC(=O)CO)cc1C(F)(F)F. The van der Waals surface area contributed by atoms with Gasteiger partial charge in [-0.05, 0) is 42.8 Å². The zero-order chi connectivity index (χ0) is 23.3. The highest BCUT2D eigenvalue weighted by molar-refractivity contribution is 5.91. The Bertz CT molecular complexity index is 932. The third kappa shape index (κ3) is 9.53. The molecule has 0 aromatic heterocycles. The van der Waals surface area contributed by atoms with Crippen molar-refractivity contribution in [3.8, 4) is 12.1 Å². The second-order valence-corrected chi connectivity index (χ2v) is 5.61. The molecule has 2 aromatic rings. The molecule has 1 amide bonds. The number of nitrogens with two attached hydrogens (primary N) is 1. The number of aryl methyl sites for hydroxylation is 1. The fourth-order valence-corrected chi connectivity index (χ4v) is 1.79. The fourth-order valence-electron chi connectivity index (χ4n) is 1.79. The summed E-state index contributed by atoms with van der Waals surface area (Å²) in [4.78, 5) is 10.8. The summed E-state index contributed by atoms with van der Waals surface area (Å²) in [5.74, 6) is -1.24. The number of amides is 1. The van der Waals surface area contributed by atoms with Crippen molar-refractivity contribution in [1.29, 1.82) is 10.5 Å². The molecule has 0 spiro atoms. The third-order valence-corrected chi connectivity index (χ3v) is 3.19. The van der Waals surface area contributed by atoms with Gasteiger partial charge in [-0.15, -0.1) is 0 Å². The number of benzene rings is 2. The Hall–Kier alpha value is -3.63. The van der Waals surface area contributed by atoms with Crippen LogP contribution >= 0.6 is 0 Å². The van der Waals surface area contributed by atoms with Crippen molar-refractivity contribution >= 4 is 17.3 Å². The van der Waals surface area contributed by atoms with E-state index in [0.29, 0.717) is 12.5 Å². The number of anilines is 2. The Labute approximate surface area is 171 Å². The minimum atomic E-state index is -4.58. The summed E-state index contributed by atoms with van der Waals surface area (Å²) >= 11 is 0. The molecule has 160 valence electrons. The number of hydrogen-bond acceptors (Lipinski definition) is 5. The summed E-state index contributed by atoms with van der Waals surface area (Å²) in [6.07, 6.45) is -3.95. The van der Waals surface area contributed by atoms with E-state index in [1.807, 2.05) is 13.0 Å². The zero-order valence-electron chi connectivity index (χ0n) is 16.2. The average molecular weight is 424 g/mol. The lowest BCUT2D eigenvalue weighted by atomic mass is 10.1. The monoisotopic (exact) mass is 424 g/mol. The molecule has 10 heteroatoms. The molecule has 0 radical (unpaired) electrons. The van der Waals surface area contributed by atoms with Gasteiger partial charge in [-0.3, -0.25) is 4.79 Å². The summed E-state index contributed by atoms with van der Waals surface area (Å²) in [5, 5.41) is 26.5. The number of aliphatic hydroxyl groups excluding tert-OH is 1. The maximum absolute atomic E-state index is 12.6. The standard InChI is InChI=1S/C9H9F3N2O2.C8H6FN.C3H5N/c10-9(11,12)6-3-5(1-2-7(6)13)14-8(16)4-15;1-6-2-3-7(5-10)8(9)4-6;1-2-3-4/h1-3,15H,4,13H2,(H,14,16);2-4H,1H3;2H2,1H3. The molecule has 30 heavy (non-hydrogen) atoms. The average Bonchev–Trinajstić information content (AvgIpc) is 2.69. The van der Waals surface area contributed by atoms with Crippen LogP contribution in [-0.2, 0) is 11.0 Å². The second kappa shape index (κ2) is 12.8. The molecule has 0 atom stereocenters. The van der Waals surface area contributed by atoms with E-state index in [-0.39, 0.29) is 11.3 Å². The van der Waals surface area contributed by atoms with E-state index in [2.05, 4.69) is 5.32 Å². The minimum Gasteiger partial charge on any atom is -0.398 e. The molecule has 0 aliphatic heterocycles. The van der Waals surface area contributed by atoms with E-state index < -0.39 is 35.8 Å². The number of aliphatic hydroxyl groups is 1. The molecule has 0 aliphatic carbocycles. The number of rotatable bonds is 2. The molecule has 0 heterocycles. The van der Waals surface area contributed by atoms with Gasteiger partial charge in [0, 0.05) is 17.8 Å². The number of carbonyl (C=O) groups excluding carboxylic acids is 1. The van der Waals surface area contributed by atoms with Crippen LogP contribution in [-0.4, -0.2) is 17.6 Å². The molecule has 0 bridgehead atoms. The van der Waals surface area contributed by atoms with E-state index in [0.717, 1.165) is 11.6 Å². The summed E-state index contributed by atoms with van der Waals surface area (Å²) in [7, 11) is 0. The van der Waals surface area contributed by atoms with Gasteiger partial charge in [-0.25, -0.2) is 4.39 Å². The van der Waals surface area contributed by atoms with Crippen molar-refractivity contribution in [3.05, 3.63) is 58.9 Å². The number of nitrogens with zero attached hydrogens (tertiary/aromatic N) is 2. The lowest BCUT2D eigenvalue weighted by Gasteiger charge is -2.12. The zero-order valence-corrected chi connectivity index (χ0v) is 16.2. The number of carbonyl (C=O) groups is 1. The van der Waals surface area contributed by atoms with Crippen molar-refractivity contribution in [3.63, 3.8) is 0 Å². The molecular formula is C20H20F4N4O2. The van der Waals surface area contributed by atoms with Gasteiger partial charge in [0.05, 0.1) is 17.2 Å². The van der Waals surface area contributed by atoms with Gasteiger partial charge in [0.15, 0.2) is 0 Å². The predicted octanol–water partition coefficient (Wildman–Crippen LogP) is 4.14. The van der Waals surface area contributed by atoms with Crippen molar-refractivity contribution < 1.29 is 27.5 Å². The van der Waals surface area contributed by atoms with Crippen LogP contribution in [0.1, 0.15) is 30.0 Å². The van der Waals surface area contributed by atoms with Gasteiger partial charge in [-0.1, -0.05) is 13.0 Å². The molecule has 0 fully saturated rings. The number of nitrogen functional groups attached to an aromatic ring is 1. The fraction of sp³-hybridized carbons (Fsp3) is 0.250. The summed E-state index contributed by atoms with van der Waals surface area (Å²) in [5.41, 5.74) is 4.57.